The number of benzene rings is 1. The lowest BCUT2D eigenvalue weighted by Crippen LogP contribution is -2.24. The fourth-order valence-electron chi connectivity index (χ4n) is 2.33. The summed E-state index contributed by atoms with van der Waals surface area (Å²) in [6.07, 6.45) is 2.01. The Kier molecular flexibility index (Phi) is 3.08. The summed E-state index contributed by atoms with van der Waals surface area (Å²) in [4.78, 5) is 1.41. The molecule has 1 nitrogen and oxygen atoms in total. The van der Waals surface area contributed by atoms with Gasteiger partial charge in [0.15, 0.2) is 0 Å². The number of fused-ring (bicyclic) bond motifs is 1. The highest BCUT2D eigenvalue weighted by molar-refractivity contribution is 7.99. The Bertz CT molecular complexity index is 358. The van der Waals surface area contributed by atoms with Crippen molar-refractivity contribution in [2.45, 2.75) is 37.0 Å². The van der Waals surface area contributed by atoms with Crippen LogP contribution in [0.15, 0.2) is 23.1 Å². The maximum Gasteiger partial charge on any atom is 0.0471 e. The monoisotopic (exact) mass is 222 g/mol. The van der Waals surface area contributed by atoms with E-state index in [0.717, 1.165) is 6.42 Å². The van der Waals surface area contributed by atoms with E-state index in [4.69, 9.17) is 5.11 Å². The second-order valence-electron chi connectivity index (χ2n) is 4.75. The molecule has 0 atom stereocenters. The SMILES string of the molecule is CC1(C)CCSc2cccc(CCO)c21. The van der Waals surface area contributed by atoms with Gasteiger partial charge in [0.1, 0.15) is 0 Å². The third kappa shape index (κ3) is 2.06. The highest BCUT2D eigenvalue weighted by atomic mass is 32.2. The van der Waals surface area contributed by atoms with E-state index in [9.17, 15) is 0 Å². The van der Waals surface area contributed by atoms with E-state index < -0.39 is 0 Å². The largest absolute Gasteiger partial charge is 0.396 e. The van der Waals surface area contributed by atoms with Crippen molar-refractivity contribution in [3.8, 4) is 0 Å². The summed E-state index contributed by atoms with van der Waals surface area (Å²) in [5, 5.41) is 9.08. The van der Waals surface area contributed by atoms with Crippen molar-refractivity contribution in [2.24, 2.45) is 0 Å². The van der Waals surface area contributed by atoms with Crippen LogP contribution in [0.4, 0.5) is 0 Å². The second-order valence-corrected chi connectivity index (χ2v) is 5.88. The zero-order valence-electron chi connectivity index (χ0n) is 9.42. The molecule has 2 rings (SSSR count). The first-order chi connectivity index (χ1) is 7.15. The molecule has 0 amide bonds. The van der Waals surface area contributed by atoms with E-state index in [1.807, 2.05) is 11.8 Å². The van der Waals surface area contributed by atoms with Crippen molar-refractivity contribution in [2.75, 3.05) is 12.4 Å². The van der Waals surface area contributed by atoms with Gasteiger partial charge in [0, 0.05) is 11.5 Å². The van der Waals surface area contributed by atoms with Crippen LogP contribution < -0.4 is 0 Å². The van der Waals surface area contributed by atoms with E-state index in [-0.39, 0.29) is 12.0 Å². The quantitative estimate of drug-likeness (QED) is 0.830. The fourth-order valence-corrected chi connectivity index (χ4v) is 3.89. The summed E-state index contributed by atoms with van der Waals surface area (Å²) < 4.78 is 0. The number of hydrogen-bond donors (Lipinski definition) is 1. The van der Waals surface area contributed by atoms with Crippen molar-refractivity contribution < 1.29 is 5.11 Å². The summed E-state index contributed by atoms with van der Waals surface area (Å²) in [5.41, 5.74) is 3.06. The lowest BCUT2D eigenvalue weighted by Gasteiger charge is -2.34. The van der Waals surface area contributed by atoms with Gasteiger partial charge < -0.3 is 5.11 Å². The Labute approximate surface area is 95.9 Å². The molecule has 2 heteroatoms. The van der Waals surface area contributed by atoms with Crippen molar-refractivity contribution in [3.05, 3.63) is 29.3 Å². The predicted octanol–water partition coefficient (Wildman–Crippen LogP) is 2.99. The lowest BCUT2D eigenvalue weighted by atomic mass is 9.78. The molecule has 1 heterocycles. The Balaban J connectivity index is 2.50. The number of rotatable bonds is 2. The first-order valence-corrected chi connectivity index (χ1v) is 6.50. The van der Waals surface area contributed by atoms with Crippen LogP contribution in [0, 0.1) is 0 Å². The highest BCUT2D eigenvalue weighted by Crippen LogP contribution is 2.43. The molecule has 0 saturated heterocycles. The van der Waals surface area contributed by atoms with Gasteiger partial charge in [-0.1, -0.05) is 26.0 Å². The minimum Gasteiger partial charge on any atom is -0.396 e. The second kappa shape index (κ2) is 4.18. The maximum absolute atomic E-state index is 9.08. The minimum atomic E-state index is 0.247. The third-order valence-electron chi connectivity index (χ3n) is 3.16. The van der Waals surface area contributed by atoms with Crippen molar-refractivity contribution in [1.29, 1.82) is 0 Å². The Morgan fingerprint density at radius 2 is 2.20 bits per heavy atom. The van der Waals surface area contributed by atoms with Gasteiger partial charge in [0.2, 0.25) is 0 Å². The minimum absolute atomic E-state index is 0.247. The van der Waals surface area contributed by atoms with Gasteiger partial charge >= 0.3 is 0 Å². The smallest absolute Gasteiger partial charge is 0.0471 e. The Morgan fingerprint density at radius 1 is 1.40 bits per heavy atom. The molecule has 1 aliphatic rings. The van der Waals surface area contributed by atoms with Crippen LogP contribution in [0.1, 0.15) is 31.4 Å². The van der Waals surface area contributed by atoms with Gasteiger partial charge in [-0.25, -0.2) is 0 Å². The van der Waals surface area contributed by atoms with Crippen LogP contribution in [0.2, 0.25) is 0 Å². The number of aliphatic hydroxyl groups is 1. The molecule has 0 aromatic heterocycles. The number of aliphatic hydroxyl groups excluding tert-OH is 1. The Morgan fingerprint density at radius 3 is 2.93 bits per heavy atom. The zero-order chi connectivity index (χ0) is 10.9. The molecular formula is C13H18OS. The molecule has 0 fully saturated rings. The molecule has 1 aromatic carbocycles. The molecule has 15 heavy (non-hydrogen) atoms. The van der Waals surface area contributed by atoms with Gasteiger partial charge in [-0.2, -0.15) is 0 Å². The van der Waals surface area contributed by atoms with Crippen LogP contribution >= 0.6 is 11.8 Å². The topological polar surface area (TPSA) is 20.2 Å². The Hall–Kier alpha value is -0.470. The van der Waals surface area contributed by atoms with E-state index in [1.165, 1.54) is 28.2 Å². The van der Waals surface area contributed by atoms with Crippen LogP contribution in [-0.2, 0) is 11.8 Å². The average molecular weight is 222 g/mol. The summed E-state index contributed by atoms with van der Waals surface area (Å²) in [6, 6.07) is 6.47. The van der Waals surface area contributed by atoms with Gasteiger partial charge in [-0.3, -0.25) is 0 Å². The predicted molar refractivity (Wildman–Crippen MR) is 65.6 cm³/mol. The normalized spacial score (nSPS) is 18.6. The molecule has 1 aliphatic heterocycles. The van der Waals surface area contributed by atoms with Crippen LogP contribution in [0.3, 0.4) is 0 Å². The van der Waals surface area contributed by atoms with Crippen LogP contribution in [-0.4, -0.2) is 17.5 Å². The maximum atomic E-state index is 9.08. The molecule has 0 unspecified atom stereocenters. The van der Waals surface area contributed by atoms with Crippen molar-refractivity contribution in [3.63, 3.8) is 0 Å². The number of thioether (sulfide) groups is 1. The van der Waals surface area contributed by atoms with Gasteiger partial charge in [0.25, 0.3) is 0 Å². The molecule has 1 aromatic rings. The summed E-state index contributed by atoms with van der Waals surface area (Å²) in [7, 11) is 0. The van der Waals surface area contributed by atoms with Gasteiger partial charge in [0.05, 0.1) is 0 Å². The molecule has 0 spiro atoms. The fraction of sp³-hybridized carbons (Fsp3) is 0.538. The average Bonchev–Trinajstić information content (AvgIpc) is 2.17. The van der Waals surface area contributed by atoms with E-state index in [2.05, 4.69) is 32.0 Å². The summed E-state index contributed by atoms with van der Waals surface area (Å²) in [6.45, 7) is 4.87. The molecular weight excluding hydrogens is 204 g/mol. The van der Waals surface area contributed by atoms with Crippen molar-refractivity contribution >= 4 is 11.8 Å². The lowest BCUT2D eigenvalue weighted by molar-refractivity contribution is 0.298. The van der Waals surface area contributed by atoms with Crippen LogP contribution in [0.25, 0.3) is 0 Å². The van der Waals surface area contributed by atoms with E-state index in [1.54, 1.807) is 0 Å². The highest BCUT2D eigenvalue weighted by Gasteiger charge is 2.29. The standard InChI is InChI=1S/C13H18OS/c1-13(2)7-9-15-11-5-3-4-10(6-8-14)12(11)13/h3-5,14H,6-9H2,1-2H3. The van der Waals surface area contributed by atoms with Gasteiger partial charge in [-0.05, 0) is 41.2 Å². The van der Waals surface area contributed by atoms with Gasteiger partial charge in [-0.15, -0.1) is 11.8 Å². The summed E-state index contributed by atoms with van der Waals surface area (Å²) >= 11 is 1.95. The van der Waals surface area contributed by atoms with Crippen molar-refractivity contribution in [1.82, 2.24) is 0 Å². The molecule has 0 saturated carbocycles. The molecule has 0 radical (unpaired) electrons. The number of hydrogen-bond acceptors (Lipinski definition) is 2. The van der Waals surface area contributed by atoms with E-state index in [0.29, 0.717) is 0 Å². The molecule has 0 aliphatic carbocycles. The zero-order valence-corrected chi connectivity index (χ0v) is 10.2. The first-order valence-electron chi connectivity index (χ1n) is 5.51. The molecule has 82 valence electrons. The third-order valence-corrected chi connectivity index (χ3v) is 4.21. The summed E-state index contributed by atoms with van der Waals surface area (Å²) in [5.74, 6) is 1.21. The molecule has 0 bridgehead atoms. The molecule has 1 N–H and O–H groups in total. The van der Waals surface area contributed by atoms with E-state index >= 15 is 0 Å². The van der Waals surface area contributed by atoms with Crippen LogP contribution in [0.5, 0.6) is 0 Å². The first kappa shape index (κ1) is 11.0.